The van der Waals surface area contributed by atoms with Crippen molar-refractivity contribution < 1.29 is 18.3 Å². The van der Waals surface area contributed by atoms with E-state index in [-0.39, 0.29) is 24.1 Å². The number of carbonyl (C=O) groups excluding carboxylic acids is 1. The molecule has 1 fully saturated rings. The Morgan fingerprint density at radius 3 is 2.36 bits per heavy atom. The molecule has 1 amide bonds. The molecule has 0 spiro atoms. The summed E-state index contributed by atoms with van der Waals surface area (Å²) in [6.07, 6.45) is 1.77. The molecule has 0 unspecified atom stereocenters. The molecule has 168 valence electrons. The van der Waals surface area contributed by atoms with E-state index < -0.39 is 0 Å². The van der Waals surface area contributed by atoms with Crippen molar-refractivity contribution in [3.05, 3.63) is 98.9 Å². The third-order valence-electron chi connectivity index (χ3n) is 4.82. The Morgan fingerprint density at radius 2 is 1.70 bits per heavy atom. The number of thioether (sulfide) groups is 1. The lowest BCUT2D eigenvalue weighted by molar-refractivity contribution is -0.122. The van der Waals surface area contributed by atoms with E-state index in [1.165, 1.54) is 36.0 Å². The van der Waals surface area contributed by atoms with Gasteiger partial charge in [0, 0.05) is 16.6 Å². The quantitative estimate of drug-likeness (QED) is 0.325. The molecule has 4 nitrogen and oxygen atoms in total. The molecule has 8 heteroatoms. The van der Waals surface area contributed by atoms with Gasteiger partial charge in [-0.2, -0.15) is 0 Å². The van der Waals surface area contributed by atoms with E-state index in [0.29, 0.717) is 28.1 Å². The van der Waals surface area contributed by atoms with Gasteiger partial charge in [0.05, 0.1) is 10.6 Å². The standard InChI is InChI=1S/C25H19BrF2N2O2S/c1-2-30-24(31)23(33-25(30)29-21-10-8-20(28)9-11-21)14-17-13-18(26)5-12-22(17)32-15-16-3-6-19(27)7-4-16/h3-14H,2,15H2,1H3/b23-14+,29-25?. The number of rotatable bonds is 6. The first-order chi connectivity index (χ1) is 15.9. The normalized spacial score (nSPS) is 16.1. The fraction of sp³-hybridized carbons (Fsp3) is 0.120. The van der Waals surface area contributed by atoms with Gasteiger partial charge in [-0.1, -0.05) is 28.1 Å². The predicted molar refractivity (Wildman–Crippen MR) is 131 cm³/mol. The molecule has 0 bridgehead atoms. The summed E-state index contributed by atoms with van der Waals surface area (Å²) >= 11 is 4.73. The lowest BCUT2D eigenvalue weighted by Crippen LogP contribution is -2.28. The molecule has 1 saturated heterocycles. The van der Waals surface area contributed by atoms with E-state index in [4.69, 9.17) is 4.74 Å². The van der Waals surface area contributed by atoms with Crippen LogP contribution in [0.25, 0.3) is 6.08 Å². The number of amidine groups is 1. The summed E-state index contributed by atoms with van der Waals surface area (Å²) < 4.78 is 33.2. The van der Waals surface area contributed by atoms with Crippen molar-refractivity contribution in [1.29, 1.82) is 0 Å². The Morgan fingerprint density at radius 1 is 1.03 bits per heavy atom. The highest BCUT2D eigenvalue weighted by Gasteiger charge is 2.32. The number of amides is 1. The molecule has 0 aromatic heterocycles. The van der Waals surface area contributed by atoms with Gasteiger partial charge in [-0.3, -0.25) is 9.69 Å². The average molecular weight is 529 g/mol. The first kappa shape index (κ1) is 23.2. The molecule has 3 aromatic carbocycles. The Balaban J connectivity index is 1.60. The molecule has 0 N–H and O–H groups in total. The highest BCUT2D eigenvalue weighted by Crippen LogP contribution is 2.36. The van der Waals surface area contributed by atoms with Crippen LogP contribution in [-0.2, 0) is 11.4 Å². The van der Waals surface area contributed by atoms with Crippen molar-refractivity contribution in [2.45, 2.75) is 13.5 Å². The van der Waals surface area contributed by atoms with Gasteiger partial charge in [0.1, 0.15) is 24.0 Å². The molecule has 1 aliphatic rings. The number of hydrogen-bond donors (Lipinski definition) is 0. The second-order valence-corrected chi connectivity index (χ2v) is 9.05. The fourth-order valence-corrected chi connectivity index (χ4v) is 4.57. The molecule has 0 aliphatic carbocycles. The highest BCUT2D eigenvalue weighted by molar-refractivity contribution is 9.10. The maximum Gasteiger partial charge on any atom is 0.266 e. The zero-order valence-corrected chi connectivity index (χ0v) is 20.0. The number of ether oxygens (including phenoxy) is 1. The van der Waals surface area contributed by atoms with Crippen molar-refractivity contribution in [3.8, 4) is 5.75 Å². The third kappa shape index (κ3) is 5.69. The zero-order valence-electron chi connectivity index (χ0n) is 17.6. The largest absolute Gasteiger partial charge is 0.488 e. The smallest absolute Gasteiger partial charge is 0.266 e. The van der Waals surface area contributed by atoms with E-state index in [9.17, 15) is 13.6 Å². The summed E-state index contributed by atoms with van der Waals surface area (Å²) in [7, 11) is 0. The van der Waals surface area contributed by atoms with Gasteiger partial charge in [0.15, 0.2) is 5.17 Å². The average Bonchev–Trinajstić information content (AvgIpc) is 3.09. The van der Waals surface area contributed by atoms with Crippen LogP contribution in [0.3, 0.4) is 0 Å². The van der Waals surface area contributed by atoms with Gasteiger partial charge in [-0.25, -0.2) is 13.8 Å². The number of hydrogen-bond acceptors (Lipinski definition) is 4. The van der Waals surface area contributed by atoms with Crippen molar-refractivity contribution in [1.82, 2.24) is 4.90 Å². The minimum Gasteiger partial charge on any atom is -0.488 e. The van der Waals surface area contributed by atoms with E-state index in [1.807, 2.05) is 25.1 Å². The second-order valence-electron chi connectivity index (χ2n) is 7.13. The molecule has 1 aliphatic heterocycles. The van der Waals surface area contributed by atoms with Crippen molar-refractivity contribution >= 4 is 50.5 Å². The predicted octanol–water partition coefficient (Wildman–Crippen LogP) is 6.93. The van der Waals surface area contributed by atoms with Crippen molar-refractivity contribution in [2.24, 2.45) is 4.99 Å². The van der Waals surface area contributed by atoms with Crippen LogP contribution in [-0.4, -0.2) is 22.5 Å². The summed E-state index contributed by atoms with van der Waals surface area (Å²) in [5, 5.41) is 0.532. The van der Waals surface area contributed by atoms with Crippen LogP contribution in [0.15, 0.2) is 81.1 Å². The Bertz CT molecular complexity index is 1230. The second kappa shape index (κ2) is 10.3. The highest BCUT2D eigenvalue weighted by atomic mass is 79.9. The van der Waals surface area contributed by atoms with Crippen LogP contribution in [0.2, 0.25) is 0 Å². The maximum atomic E-state index is 13.2. The lowest BCUT2D eigenvalue weighted by atomic mass is 10.1. The maximum absolute atomic E-state index is 13.2. The van der Waals surface area contributed by atoms with Gasteiger partial charge >= 0.3 is 0 Å². The molecule has 0 atom stereocenters. The third-order valence-corrected chi connectivity index (χ3v) is 6.32. The van der Waals surface area contributed by atoms with Gasteiger partial charge in [0.25, 0.3) is 5.91 Å². The van der Waals surface area contributed by atoms with Gasteiger partial charge < -0.3 is 4.74 Å². The number of aliphatic imine (C=N–C) groups is 1. The van der Waals surface area contributed by atoms with E-state index in [2.05, 4.69) is 20.9 Å². The van der Waals surface area contributed by atoms with Crippen molar-refractivity contribution in [2.75, 3.05) is 6.54 Å². The summed E-state index contributed by atoms with van der Waals surface area (Å²) in [6, 6.07) is 17.4. The van der Waals surface area contributed by atoms with Crippen LogP contribution in [0.5, 0.6) is 5.75 Å². The summed E-state index contributed by atoms with van der Waals surface area (Å²) in [5.74, 6) is -0.212. The van der Waals surface area contributed by atoms with E-state index in [0.717, 1.165) is 15.6 Å². The Labute approximate surface area is 203 Å². The first-order valence-corrected chi connectivity index (χ1v) is 11.8. The lowest BCUT2D eigenvalue weighted by Gasteiger charge is -2.12. The van der Waals surface area contributed by atoms with Crippen molar-refractivity contribution in [3.63, 3.8) is 0 Å². The zero-order chi connectivity index (χ0) is 23.4. The number of carbonyl (C=O) groups is 1. The molecule has 3 aromatic rings. The summed E-state index contributed by atoms with van der Waals surface area (Å²) in [4.78, 5) is 19.6. The molecule has 33 heavy (non-hydrogen) atoms. The summed E-state index contributed by atoms with van der Waals surface area (Å²) in [6.45, 7) is 2.59. The minimum absolute atomic E-state index is 0.159. The Kier molecular flexibility index (Phi) is 7.25. The van der Waals surface area contributed by atoms with Crippen LogP contribution >= 0.6 is 27.7 Å². The molecule has 1 heterocycles. The van der Waals surface area contributed by atoms with Crippen LogP contribution in [0.1, 0.15) is 18.1 Å². The van der Waals surface area contributed by atoms with Crippen LogP contribution in [0.4, 0.5) is 14.5 Å². The van der Waals surface area contributed by atoms with Gasteiger partial charge in [-0.05, 0) is 84.9 Å². The molecular formula is C25H19BrF2N2O2S. The number of likely N-dealkylation sites (N-methyl/N-ethyl adjacent to an activating group) is 1. The number of benzene rings is 3. The first-order valence-electron chi connectivity index (χ1n) is 10.2. The van der Waals surface area contributed by atoms with Gasteiger partial charge in [0.2, 0.25) is 0 Å². The topological polar surface area (TPSA) is 41.9 Å². The minimum atomic E-state index is -0.343. The van der Waals surface area contributed by atoms with Crippen LogP contribution < -0.4 is 4.74 Å². The molecule has 0 saturated carbocycles. The Hall–Kier alpha value is -2.97. The molecule has 0 radical (unpaired) electrons. The monoisotopic (exact) mass is 528 g/mol. The van der Waals surface area contributed by atoms with Crippen LogP contribution in [0, 0.1) is 11.6 Å². The summed E-state index contributed by atoms with van der Waals surface area (Å²) in [5.41, 5.74) is 2.12. The van der Waals surface area contributed by atoms with E-state index in [1.54, 1.807) is 35.2 Å². The molecular weight excluding hydrogens is 510 g/mol. The number of nitrogens with zero attached hydrogens (tertiary/aromatic N) is 2. The number of halogens is 3. The SMILES string of the molecule is CCN1C(=O)/C(=C\c2cc(Br)ccc2OCc2ccc(F)cc2)SC1=Nc1ccc(F)cc1. The fourth-order valence-electron chi connectivity index (χ4n) is 3.14. The molecule has 4 rings (SSSR count). The van der Waals surface area contributed by atoms with Gasteiger partial charge in [-0.15, -0.1) is 0 Å². The van der Waals surface area contributed by atoms with E-state index >= 15 is 0 Å².